The molecule has 0 aliphatic heterocycles. The molecule has 1 aromatic rings. The van der Waals surface area contributed by atoms with Gasteiger partial charge in [0.1, 0.15) is 6.29 Å². The van der Waals surface area contributed by atoms with Crippen LogP contribution < -0.4 is 0 Å². The molecule has 0 aliphatic carbocycles. The lowest BCUT2D eigenvalue weighted by atomic mass is 9.99. The van der Waals surface area contributed by atoms with E-state index in [2.05, 4.69) is 9.72 Å². The molecule has 0 amide bonds. The minimum Gasteiger partial charge on any atom is -0.465 e. The highest BCUT2D eigenvalue weighted by atomic mass is 16.5. The number of carbonyl (C=O) groups is 2. The van der Waals surface area contributed by atoms with E-state index >= 15 is 0 Å². The van der Waals surface area contributed by atoms with Crippen LogP contribution in [0.2, 0.25) is 0 Å². The highest BCUT2D eigenvalue weighted by molar-refractivity contribution is 5.90. The van der Waals surface area contributed by atoms with E-state index < -0.39 is 5.97 Å². The van der Waals surface area contributed by atoms with Crippen LogP contribution in [-0.2, 0) is 20.7 Å². The quantitative estimate of drug-likeness (QED) is 0.542. The summed E-state index contributed by atoms with van der Waals surface area (Å²) >= 11 is 0. The van der Waals surface area contributed by atoms with Crippen molar-refractivity contribution in [3.63, 3.8) is 0 Å². The molecule has 0 fully saturated rings. The molecule has 0 spiro atoms. The molecule has 5 nitrogen and oxygen atoms in total. The van der Waals surface area contributed by atoms with Crippen LogP contribution in [0.3, 0.4) is 0 Å². The summed E-state index contributed by atoms with van der Waals surface area (Å²) in [6, 6.07) is 1.58. The summed E-state index contributed by atoms with van der Waals surface area (Å²) in [5.41, 5.74) is 1.12. The first-order valence-electron chi connectivity index (χ1n) is 5.18. The van der Waals surface area contributed by atoms with Crippen molar-refractivity contribution in [1.82, 2.24) is 4.98 Å². The summed E-state index contributed by atoms with van der Waals surface area (Å²) in [6.07, 6.45) is 4.31. The lowest BCUT2D eigenvalue weighted by Crippen LogP contribution is -2.16. The smallest absolute Gasteiger partial charge is 0.338 e. The van der Waals surface area contributed by atoms with Gasteiger partial charge in [-0.05, 0) is 18.1 Å². The Morgan fingerprint density at radius 2 is 2.29 bits per heavy atom. The number of aldehydes is 1. The molecule has 1 atom stereocenters. The molecule has 1 rings (SSSR count). The number of aromatic nitrogens is 1. The second-order valence-electron chi connectivity index (χ2n) is 3.58. The fourth-order valence-electron chi connectivity index (χ4n) is 1.54. The van der Waals surface area contributed by atoms with Gasteiger partial charge >= 0.3 is 5.97 Å². The maximum Gasteiger partial charge on any atom is 0.338 e. The van der Waals surface area contributed by atoms with E-state index in [4.69, 9.17) is 4.74 Å². The Labute approximate surface area is 99.8 Å². The van der Waals surface area contributed by atoms with E-state index in [1.165, 1.54) is 20.4 Å². The van der Waals surface area contributed by atoms with Crippen molar-refractivity contribution in [2.24, 2.45) is 5.92 Å². The topological polar surface area (TPSA) is 65.5 Å². The normalized spacial score (nSPS) is 11.9. The van der Waals surface area contributed by atoms with Crippen LogP contribution in [0.15, 0.2) is 18.5 Å². The van der Waals surface area contributed by atoms with Crippen molar-refractivity contribution in [2.45, 2.75) is 6.42 Å². The zero-order valence-electron chi connectivity index (χ0n) is 9.88. The summed E-state index contributed by atoms with van der Waals surface area (Å²) in [5.74, 6) is -0.711. The second kappa shape index (κ2) is 6.75. The van der Waals surface area contributed by atoms with Gasteiger partial charge in [-0.15, -0.1) is 0 Å². The first-order valence-corrected chi connectivity index (χ1v) is 5.18. The van der Waals surface area contributed by atoms with Crippen LogP contribution in [0, 0.1) is 5.92 Å². The van der Waals surface area contributed by atoms with E-state index in [0.717, 1.165) is 6.29 Å². The van der Waals surface area contributed by atoms with E-state index in [1.807, 2.05) is 0 Å². The standard InChI is InChI=1S/C12H15NO4/c1-16-8-9(7-14)5-10-6-13-4-3-11(10)12(15)17-2/h3-4,6-7,9H,5,8H2,1-2H3. The molecule has 0 aromatic carbocycles. The van der Waals surface area contributed by atoms with E-state index in [9.17, 15) is 9.59 Å². The van der Waals surface area contributed by atoms with Gasteiger partial charge in [0.25, 0.3) is 0 Å². The van der Waals surface area contributed by atoms with Gasteiger partial charge in [0.2, 0.25) is 0 Å². The lowest BCUT2D eigenvalue weighted by molar-refractivity contribution is -0.112. The SMILES string of the molecule is COCC(C=O)Cc1cnccc1C(=O)OC. The highest BCUT2D eigenvalue weighted by Crippen LogP contribution is 2.13. The Balaban J connectivity index is 2.89. The monoisotopic (exact) mass is 237 g/mol. The van der Waals surface area contributed by atoms with Crippen LogP contribution in [0.5, 0.6) is 0 Å². The van der Waals surface area contributed by atoms with Crippen molar-refractivity contribution in [3.8, 4) is 0 Å². The van der Waals surface area contributed by atoms with E-state index in [0.29, 0.717) is 24.2 Å². The van der Waals surface area contributed by atoms with Gasteiger partial charge in [-0.25, -0.2) is 4.79 Å². The van der Waals surface area contributed by atoms with Crippen molar-refractivity contribution in [1.29, 1.82) is 0 Å². The molecular formula is C12H15NO4. The molecule has 0 N–H and O–H groups in total. The Morgan fingerprint density at radius 3 is 2.88 bits per heavy atom. The molecule has 0 aliphatic rings. The van der Waals surface area contributed by atoms with Gasteiger partial charge in [-0.3, -0.25) is 4.98 Å². The Morgan fingerprint density at radius 1 is 1.53 bits per heavy atom. The minimum atomic E-state index is -0.426. The maximum absolute atomic E-state index is 11.5. The molecular weight excluding hydrogens is 222 g/mol. The highest BCUT2D eigenvalue weighted by Gasteiger charge is 2.15. The number of esters is 1. The van der Waals surface area contributed by atoms with Gasteiger partial charge < -0.3 is 14.3 Å². The van der Waals surface area contributed by atoms with Gasteiger partial charge in [0.15, 0.2) is 0 Å². The van der Waals surface area contributed by atoms with Crippen LogP contribution in [0.4, 0.5) is 0 Å². The Bertz CT molecular complexity index is 392. The average molecular weight is 237 g/mol. The number of pyridine rings is 1. The molecule has 92 valence electrons. The summed E-state index contributed by atoms with van der Waals surface area (Å²) in [6.45, 7) is 0.318. The molecule has 0 saturated heterocycles. The average Bonchev–Trinajstić information content (AvgIpc) is 2.38. The van der Waals surface area contributed by atoms with Crippen LogP contribution in [0.25, 0.3) is 0 Å². The van der Waals surface area contributed by atoms with Gasteiger partial charge in [0, 0.05) is 25.4 Å². The third-order valence-electron chi connectivity index (χ3n) is 2.36. The zero-order valence-corrected chi connectivity index (χ0v) is 9.88. The minimum absolute atomic E-state index is 0.285. The summed E-state index contributed by atoms with van der Waals surface area (Å²) in [5, 5.41) is 0. The summed E-state index contributed by atoms with van der Waals surface area (Å²) in [7, 11) is 2.85. The third-order valence-corrected chi connectivity index (χ3v) is 2.36. The van der Waals surface area contributed by atoms with Gasteiger partial charge in [0.05, 0.1) is 19.3 Å². The Kier molecular flexibility index (Phi) is 5.29. The van der Waals surface area contributed by atoms with Crippen molar-refractivity contribution >= 4 is 12.3 Å². The van der Waals surface area contributed by atoms with Gasteiger partial charge in [-0.2, -0.15) is 0 Å². The number of methoxy groups -OCH3 is 2. The predicted octanol–water partition coefficient (Wildman–Crippen LogP) is 0.872. The number of hydrogen-bond donors (Lipinski definition) is 0. The molecule has 1 unspecified atom stereocenters. The van der Waals surface area contributed by atoms with E-state index in [1.54, 1.807) is 12.3 Å². The summed E-state index contributed by atoms with van der Waals surface area (Å²) < 4.78 is 9.59. The van der Waals surface area contributed by atoms with Crippen LogP contribution in [0.1, 0.15) is 15.9 Å². The van der Waals surface area contributed by atoms with Crippen LogP contribution in [-0.4, -0.2) is 38.1 Å². The van der Waals surface area contributed by atoms with E-state index in [-0.39, 0.29) is 5.92 Å². The van der Waals surface area contributed by atoms with Crippen LogP contribution >= 0.6 is 0 Å². The Hall–Kier alpha value is -1.75. The first-order chi connectivity index (χ1) is 8.22. The zero-order chi connectivity index (χ0) is 12.7. The number of rotatable bonds is 6. The molecule has 0 radical (unpaired) electrons. The lowest BCUT2D eigenvalue weighted by Gasteiger charge is -2.11. The molecule has 0 saturated carbocycles. The number of carbonyl (C=O) groups excluding carboxylic acids is 2. The molecule has 1 aromatic heterocycles. The fourth-order valence-corrected chi connectivity index (χ4v) is 1.54. The van der Waals surface area contributed by atoms with Crippen molar-refractivity contribution < 1.29 is 19.1 Å². The number of ether oxygens (including phenoxy) is 2. The largest absolute Gasteiger partial charge is 0.465 e. The first kappa shape index (κ1) is 13.3. The van der Waals surface area contributed by atoms with Gasteiger partial charge in [-0.1, -0.05) is 0 Å². The second-order valence-corrected chi connectivity index (χ2v) is 3.58. The van der Waals surface area contributed by atoms with Crippen molar-refractivity contribution in [3.05, 3.63) is 29.6 Å². The molecule has 17 heavy (non-hydrogen) atoms. The number of nitrogens with zero attached hydrogens (tertiary/aromatic N) is 1. The number of hydrogen-bond acceptors (Lipinski definition) is 5. The predicted molar refractivity (Wildman–Crippen MR) is 60.7 cm³/mol. The molecule has 0 bridgehead atoms. The molecule has 1 heterocycles. The molecule has 5 heteroatoms. The van der Waals surface area contributed by atoms with Crippen molar-refractivity contribution in [2.75, 3.05) is 20.8 Å². The fraction of sp³-hybridized carbons (Fsp3) is 0.417. The third kappa shape index (κ3) is 3.64. The maximum atomic E-state index is 11.5. The summed E-state index contributed by atoms with van der Waals surface area (Å²) in [4.78, 5) is 26.3.